The van der Waals surface area contributed by atoms with Crippen molar-refractivity contribution in [2.45, 2.75) is 6.18 Å². The molecule has 0 spiro atoms. The van der Waals surface area contributed by atoms with Crippen LogP contribution in [0, 0.1) is 11.3 Å². The van der Waals surface area contributed by atoms with Crippen LogP contribution in [0.5, 0.6) is 0 Å². The Morgan fingerprint density at radius 1 is 1.23 bits per heavy atom. The number of hydrogen-bond acceptors (Lipinski definition) is 6. The number of amides is 1. The standard InChI is InChI=1S/C19H18ClF3N6O/c1-27(16-3-2-13(9-24)10-25-16)12-17(30)28-4-6-29(7-5-28)18-15(20)8-14(11-26-18)19(21,22)23/h2-3,8,10-11H,4-7,12H2,1H3. The summed E-state index contributed by atoms with van der Waals surface area (Å²) in [4.78, 5) is 25.7. The molecule has 0 aliphatic carbocycles. The van der Waals surface area contributed by atoms with Gasteiger partial charge in [0.2, 0.25) is 5.91 Å². The Kier molecular flexibility index (Phi) is 6.31. The van der Waals surface area contributed by atoms with Gasteiger partial charge in [-0.25, -0.2) is 9.97 Å². The van der Waals surface area contributed by atoms with E-state index in [1.54, 1.807) is 33.9 Å². The Balaban J connectivity index is 1.57. The maximum absolute atomic E-state index is 12.8. The van der Waals surface area contributed by atoms with Crippen LogP contribution in [-0.4, -0.2) is 60.5 Å². The fourth-order valence-electron chi connectivity index (χ4n) is 3.05. The highest BCUT2D eigenvalue weighted by atomic mass is 35.5. The molecular formula is C19H18ClF3N6O. The van der Waals surface area contributed by atoms with E-state index in [-0.39, 0.29) is 23.3 Å². The van der Waals surface area contributed by atoms with Crippen LogP contribution in [0.2, 0.25) is 5.02 Å². The second kappa shape index (κ2) is 8.75. The molecule has 0 bridgehead atoms. The van der Waals surface area contributed by atoms with Crippen LogP contribution in [0.1, 0.15) is 11.1 Å². The van der Waals surface area contributed by atoms with Gasteiger partial charge in [0.15, 0.2) is 0 Å². The van der Waals surface area contributed by atoms with E-state index in [4.69, 9.17) is 16.9 Å². The van der Waals surface area contributed by atoms with Gasteiger partial charge in [-0.05, 0) is 18.2 Å². The van der Waals surface area contributed by atoms with Crippen molar-refractivity contribution in [2.24, 2.45) is 0 Å². The van der Waals surface area contributed by atoms with Gasteiger partial charge in [-0.3, -0.25) is 4.79 Å². The minimum absolute atomic E-state index is 0.0729. The Labute approximate surface area is 176 Å². The van der Waals surface area contributed by atoms with Crippen molar-refractivity contribution in [3.63, 3.8) is 0 Å². The number of anilines is 2. The van der Waals surface area contributed by atoms with E-state index in [2.05, 4.69) is 9.97 Å². The summed E-state index contributed by atoms with van der Waals surface area (Å²) in [6, 6.07) is 6.15. The molecule has 3 heterocycles. The van der Waals surface area contributed by atoms with Crippen LogP contribution in [0.3, 0.4) is 0 Å². The zero-order chi connectivity index (χ0) is 21.9. The third-order valence-corrected chi connectivity index (χ3v) is 5.00. The summed E-state index contributed by atoms with van der Waals surface area (Å²) in [6.45, 7) is 1.71. The van der Waals surface area contributed by atoms with Crippen LogP contribution in [0.15, 0.2) is 30.6 Å². The van der Waals surface area contributed by atoms with Gasteiger partial charge >= 0.3 is 6.18 Å². The van der Waals surface area contributed by atoms with E-state index < -0.39 is 11.7 Å². The van der Waals surface area contributed by atoms with E-state index in [9.17, 15) is 18.0 Å². The number of aromatic nitrogens is 2. The van der Waals surface area contributed by atoms with Crippen molar-refractivity contribution in [1.29, 1.82) is 5.26 Å². The molecule has 0 unspecified atom stereocenters. The first-order valence-electron chi connectivity index (χ1n) is 9.02. The Morgan fingerprint density at radius 3 is 2.47 bits per heavy atom. The molecule has 0 saturated carbocycles. The smallest absolute Gasteiger partial charge is 0.352 e. The summed E-state index contributed by atoms with van der Waals surface area (Å²) >= 11 is 6.01. The molecule has 0 atom stereocenters. The highest BCUT2D eigenvalue weighted by Gasteiger charge is 2.32. The van der Waals surface area contributed by atoms with Gasteiger partial charge in [-0.2, -0.15) is 18.4 Å². The number of carbonyl (C=O) groups excluding carboxylic acids is 1. The van der Waals surface area contributed by atoms with Gasteiger partial charge in [0.25, 0.3) is 0 Å². The summed E-state index contributed by atoms with van der Waals surface area (Å²) in [7, 11) is 1.73. The van der Waals surface area contributed by atoms with Crippen molar-refractivity contribution >= 4 is 29.1 Å². The largest absolute Gasteiger partial charge is 0.417 e. The number of hydrogen-bond donors (Lipinski definition) is 0. The van der Waals surface area contributed by atoms with Gasteiger partial charge in [0.05, 0.1) is 22.7 Å². The quantitative estimate of drug-likeness (QED) is 0.730. The summed E-state index contributed by atoms with van der Waals surface area (Å²) in [5, 5.41) is 8.75. The molecule has 7 nitrogen and oxygen atoms in total. The molecule has 1 aliphatic heterocycles. The lowest BCUT2D eigenvalue weighted by Gasteiger charge is -2.36. The number of nitrogens with zero attached hydrogens (tertiary/aromatic N) is 6. The van der Waals surface area contributed by atoms with Gasteiger partial charge in [-0.1, -0.05) is 11.6 Å². The maximum atomic E-state index is 12.8. The van der Waals surface area contributed by atoms with Gasteiger partial charge in [0.1, 0.15) is 17.7 Å². The monoisotopic (exact) mass is 438 g/mol. The molecule has 30 heavy (non-hydrogen) atoms. The first kappa shape index (κ1) is 21.6. The Hall–Kier alpha value is -3.06. The second-order valence-corrected chi connectivity index (χ2v) is 7.18. The number of nitriles is 1. The van der Waals surface area contributed by atoms with Crippen LogP contribution >= 0.6 is 11.6 Å². The number of rotatable bonds is 4. The fourth-order valence-corrected chi connectivity index (χ4v) is 3.33. The van der Waals surface area contributed by atoms with Gasteiger partial charge < -0.3 is 14.7 Å². The predicted octanol–water partition coefficient (Wildman–Crippen LogP) is 2.81. The average Bonchev–Trinajstić information content (AvgIpc) is 2.73. The normalized spacial score (nSPS) is 14.4. The molecule has 2 aromatic rings. The average molecular weight is 439 g/mol. The third kappa shape index (κ3) is 4.91. The van der Waals surface area contributed by atoms with Crippen molar-refractivity contribution in [1.82, 2.24) is 14.9 Å². The summed E-state index contributed by atoms with van der Waals surface area (Å²) in [6.07, 6.45) is -2.30. The van der Waals surface area contributed by atoms with E-state index >= 15 is 0 Å². The molecule has 0 aromatic carbocycles. The van der Waals surface area contributed by atoms with Crippen molar-refractivity contribution in [3.05, 3.63) is 46.7 Å². The molecule has 2 aromatic heterocycles. The Bertz CT molecular complexity index is 952. The zero-order valence-electron chi connectivity index (χ0n) is 16.0. The van der Waals surface area contributed by atoms with E-state index in [0.717, 1.165) is 12.3 Å². The van der Waals surface area contributed by atoms with E-state index in [1.807, 2.05) is 6.07 Å². The van der Waals surface area contributed by atoms with E-state index in [1.165, 1.54) is 6.20 Å². The van der Waals surface area contributed by atoms with E-state index in [0.29, 0.717) is 37.6 Å². The molecule has 1 aliphatic rings. The molecule has 1 fully saturated rings. The minimum Gasteiger partial charge on any atom is -0.352 e. The molecule has 0 N–H and O–H groups in total. The minimum atomic E-state index is -4.50. The number of likely N-dealkylation sites (N-methyl/N-ethyl adjacent to an activating group) is 1. The van der Waals surface area contributed by atoms with Crippen molar-refractivity contribution in [2.75, 3.05) is 49.6 Å². The second-order valence-electron chi connectivity index (χ2n) is 6.77. The summed E-state index contributed by atoms with van der Waals surface area (Å²) in [5.41, 5.74) is -0.463. The highest BCUT2D eigenvalue weighted by Crippen LogP contribution is 2.33. The maximum Gasteiger partial charge on any atom is 0.417 e. The molecule has 1 saturated heterocycles. The predicted molar refractivity (Wildman–Crippen MR) is 105 cm³/mol. The van der Waals surface area contributed by atoms with Crippen molar-refractivity contribution in [3.8, 4) is 6.07 Å². The van der Waals surface area contributed by atoms with Gasteiger partial charge in [0, 0.05) is 45.6 Å². The van der Waals surface area contributed by atoms with Crippen LogP contribution in [0.25, 0.3) is 0 Å². The number of carbonyl (C=O) groups is 1. The zero-order valence-corrected chi connectivity index (χ0v) is 16.8. The lowest BCUT2D eigenvalue weighted by molar-refractivity contribution is -0.137. The summed E-state index contributed by atoms with van der Waals surface area (Å²) < 4.78 is 38.3. The number of alkyl halides is 3. The molecule has 158 valence electrons. The van der Waals surface area contributed by atoms with Crippen LogP contribution < -0.4 is 9.80 Å². The third-order valence-electron chi connectivity index (χ3n) is 4.72. The topological polar surface area (TPSA) is 76.4 Å². The Morgan fingerprint density at radius 2 is 1.93 bits per heavy atom. The lowest BCUT2D eigenvalue weighted by Crippen LogP contribution is -2.51. The molecule has 1 amide bonds. The molecule has 11 heteroatoms. The van der Waals surface area contributed by atoms with Crippen molar-refractivity contribution < 1.29 is 18.0 Å². The summed E-state index contributed by atoms with van der Waals surface area (Å²) in [5.74, 6) is 0.743. The molecular weight excluding hydrogens is 421 g/mol. The van der Waals surface area contributed by atoms with Crippen LogP contribution in [0.4, 0.5) is 24.8 Å². The highest BCUT2D eigenvalue weighted by molar-refractivity contribution is 6.33. The molecule has 0 radical (unpaired) electrons. The van der Waals surface area contributed by atoms with Crippen LogP contribution in [-0.2, 0) is 11.0 Å². The number of halogens is 4. The lowest BCUT2D eigenvalue weighted by atomic mass is 10.2. The molecule has 3 rings (SSSR count). The first-order valence-corrected chi connectivity index (χ1v) is 9.39. The number of piperazine rings is 1. The van der Waals surface area contributed by atoms with Gasteiger partial charge in [-0.15, -0.1) is 0 Å². The number of pyridine rings is 2. The first-order chi connectivity index (χ1) is 14.2. The SMILES string of the molecule is CN(CC(=O)N1CCN(c2ncc(C(F)(F)F)cc2Cl)CC1)c1ccc(C#N)cn1. The fraction of sp³-hybridized carbons (Fsp3) is 0.368.